The number of rotatable bonds is 4. The minimum absolute atomic E-state index is 0.615. The summed E-state index contributed by atoms with van der Waals surface area (Å²) >= 11 is 3.43. The second-order valence-electron chi connectivity index (χ2n) is 2.97. The van der Waals surface area contributed by atoms with E-state index in [0.717, 1.165) is 23.6 Å². The third kappa shape index (κ3) is 2.96. The largest absolute Gasteiger partial charge is 0.303 e. The Hall–Kier alpha value is -0.630. The average Bonchev–Trinajstić information content (AvgIpc) is 2.15. The molecule has 0 aliphatic heterocycles. The predicted octanol–water partition coefficient (Wildman–Crippen LogP) is 3.14. The van der Waals surface area contributed by atoms with Crippen molar-refractivity contribution in [1.82, 2.24) is 0 Å². The minimum Gasteiger partial charge on any atom is -0.303 e. The van der Waals surface area contributed by atoms with Crippen molar-refractivity contribution in [3.63, 3.8) is 0 Å². The molecule has 1 aromatic rings. The third-order valence-corrected chi connectivity index (χ3v) is 2.57. The minimum atomic E-state index is 0.615. The van der Waals surface area contributed by atoms with Gasteiger partial charge in [-0.3, -0.25) is 0 Å². The van der Waals surface area contributed by atoms with E-state index in [-0.39, 0.29) is 0 Å². The Morgan fingerprint density at radius 3 is 2.77 bits per heavy atom. The fraction of sp³-hybridized carbons (Fsp3) is 0.364. The fourth-order valence-corrected chi connectivity index (χ4v) is 1.80. The van der Waals surface area contributed by atoms with Gasteiger partial charge in [0.05, 0.1) is 0 Å². The first-order valence-electron chi connectivity index (χ1n) is 4.49. The first-order valence-corrected chi connectivity index (χ1v) is 5.28. The highest BCUT2D eigenvalue weighted by atomic mass is 79.9. The van der Waals surface area contributed by atoms with E-state index < -0.39 is 0 Å². The summed E-state index contributed by atoms with van der Waals surface area (Å²) < 4.78 is 1.09. The highest BCUT2D eigenvalue weighted by Gasteiger charge is 2.00. The molecular formula is C11H13BrO. The lowest BCUT2D eigenvalue weighted by Gasteiger charge is -2.06. The zero-order valence-electron chi connectivity index (χ0n) is 7.72. The highest BCUT2D eigenvalue weighted by molar-refractivity contribution is 9.10. The molecule has 0 fully saturated rings. The summed E-state index contributed by atoms with van der Waals surface area (Å²) in [5.74, 6) is 0. The molecule has 0 aromatic heterocycles. The molecule has 0 radical (unpaired) electrons. The maximum atomic E-state index is 10.3. The Kier molecular flexibility index (Phi) is 4.16. The summed E-state index contributed by atoms with van der Waals surface area (Å²) in [7, 11) is 0. The normalized spacial score (nSPS) is 10.0. The van der Waals surface area contributed by atoms with Crippen molar-refractivity contribution in [2.45, 2.75) is 26.2 Å². The van der Waals surface area contributed by atoms with Crippen LogP contribution in [0.3, 0.4) is 0 Å². The van der Waals surface area contributed by atoms with Gasteiger partial charge >= 0.3 is 0 Å². The summed E-state index contributed by atoms with van der Waals surface area (Å²) in [6.07, 6.45) is 3.47. The van der Waals surface area contributed by atoms with Crippen LogP contribution in [0, 0.1) is 0 Å². The van der Waals surface area contributed by atoms with Crippen molar-refractivity contribution in [1.29, 1.82) is 0 Å². The molecule has 0 heterocycles. The van der Waals surface area contributed by atoms with E-state index in [0.29, 0.717) is 6.42 Å². The van der Waals surface area contributed by atoms with Gasteiger partial charge in [0.2, 0.25) is 0 Å². The summed E-state index contributed by atoms with van der Waals surface area (Å²) in [4.78, 5) is 10.3. The Bertz CT molecular complexity index is 294. The molecule has 70 valence electrons. The van der Waals surface area contributed by atoms with E-state index in [1.54, 1.807) is 0 Å². The maximum Gasteiger partial charge on any atom is 0.120 e. The van der Waals surface area contributed by atoms with Crippen LogP contribution in [0.1, 0.15) is 24.5 Å². The smallest absolute Gasteiger partial charge is 0.120 e. The number of halogens is 1. The molecule has 0 bridgehead atoms. The van der Waals surface area contributed by atoms with Gasteiger partial charge in [-0.2, -0.15) is 0 Å². The Morgan fingerprint density at radius 1 is 1.38 bits per heavy atom. The molecule has 0 saturated carbocycles. The number of hydrogen-bond acceptors (Lipinski definition) is 1. The van der Waals surface area contributed by atoms with Crippen LogP contribution < -0.4 is 0 Å². The van der Waals surface area contributed by atoms with Crippen molar-refractivity contribution in [2.24, 2.45) is 0 Å². The molecule has 1 nitrogen and oxygen atoms in total. The topological polar surface area (TPSA) is 17.1 Å². The van der Waals surface area contributed by atoms with Gasteiger partial charge < -0.3 is 4.79 Å². The third-order valence-electron chi connectivity index (χ3n) is 2.08. The number of hydrogen-bond donors (Lipinski definition) is 0. The molecule has 1 rings (SSSR count). The monoisotopic (exact) mass is 240 g/mol. The second-order valence-corrected chi connectivity index (χ2v) is 3.89. The Morgan fingerprint density at radius 2 is 2.15 bits per heavy atom. The number of carbonyl (C=O) groups excluding carboxylic acids is 1. The van der Waals surface area contributed by atoms with Crippen LogP contribution in [0.5, 0.6) is 0 Å². The molecule has 0 aliphatic rings. The SMILES string of the molecule is CCc1ccc(Br)cc1CCC=O. The van der Waals surface area contributed by atoms with Gasteiger partial charge in [-0.15, -0.1) is 0 Å². The average molecular weight is 241 g/mol. The fourth-order valence-electron chi connectivity index (χ4n) is 1.39. The Labute approximate surface area is 87.3 Å². The van der Waals surface area contributed by atoms with Gasteiger partial charge in [0.15, 0.2) is 0 Å². The van der Waals surface area contributed by atoms with Crippen molar-refractivity contribution in [2.75, 3.05) is 0 Å². The molecule has 0 atom stereocenters. The van der Waals surface area contributed by atoms with Crippen LogP contribution >= 0.6 is 15.9 Å². The molecule has 0 N–H and O–H groups in total. The lowest BCUT2D eigenvalue weighted by Crippen LogP contribution is -1.93. The molecule has 0 amide bonds. The first kappa shape index (κ1) is 10.5. The van der Waals surface area contributed by atoms with Crippen molar-refractivity contribution in [3.8, 4) is 0 Å². The number of benzene rings is 1. The van der Waals surface area contributed by atoms with Crippen LogP contribution in [-0.2, 0) is 17.6 Å². The van der Waals surface area contributed by atoms with Gasteiger partial charge in [-0.1, -0.05) is 28.9 Å². The summed E-state index contributed by atoms with van der Waals surface area (Å²) in [5.41, 5.74) is 2.62. The maximum absolute atomic E-state index is 10.3. The molecule has 0 aliphatic carbocycles. The van der Waals surface area contributed by atoms with Gasteiger partial charge in [0, 0.05) is 10.9 Å². The summed E-state index contributed by atoms with van der Waals surface area (Å²) in [5, 5.41) is 0. The molecule has 0 spiro atoms. The van der Waals surface area contributed by atoms with Crippen molar-refractivity contribution in [3.05, 3.63) is 33.8 Å². The first-order chi connectivity index (χ1) is 6.27. The van der Waals surface area contributed by atoms with E-state index in [1.807, 2.05) is 6.07 Å². The van der Waals surface area contributed by atoms with Crippen molar-refractivity contribution >= 4 is 22.2 Å². The van der Waals surface area contributed by atoms with Crippen LogP contribution in [0.2, 0.25) is 0 Å². The molecule has 13 heavy (non-hydrogen) atoms. The molecular weight excluding hydrogens is 228 g/mol. The molecule has 0 unspecified atom stereocenters. The predicted molar refractivity (Wildman–Crippen MR) is 57.9 cm³/mol. The van der Waals surface area contributed by atoms with Crippen LogP contribution in [0.15, 0.2) is 22.7 Å². The van der Waals surface area contributed by atoms with E-state index in [1.165, 1.54) is 11.1 Å². The van der Waals surface area contributed by atoms with E-state index in [2.05, 4.69) is 35.0 Å². The van der Waals surface area contributed by atoms with Gasteiger partial charge in [0.1, 0.15) is 6.29 Å². The van der Waals surface area contributed by atoms with Crippen LogP contribution in [0.25, 0.3) is 0 Å². The number of aldehydes is 1. The number of aryl methyl sites for hydroxylation is 2. The molecule has 1 aromatic carbocycles. The van der Waals surface area contributed by atoms with Gasteiger partial charge in [-0.25, -0.2) is 0 Å². The highest BCUT2D eigenvalue weighted by Crippen LogP contribution is 2.18. The summed E-state index contributed by atoms with van der Waals surface area (Å²) in [6, 6.07) is 6.26. The molecule has 2 heteroatoms. The van der Waals surface area contributed by atoms with Gasteiger partial charge in [0.25, 0.3) is 0 Å². The lowest BCUT2D eigenvalue weighted by atomic mass is 10.0. The Balaban J connectivity index is 2.87. The van der Waals surface area contributed by atoms with Crippen LogP contribution in [0.4, 0.5) is 0 Å². The van der Waals surface area contributed by atoms with Crippen LogP contribution in [-0.4, -0.2) is 6.29 Å². The number of carbonyl (C=O) groups is 1. The molecule has 0 saturated heterocycles. The summed E-state index contributed by atoms with van der Waals surface area (Å²) in [6.45, 7) is 2.13. The van der Waals surface area contributed by atoms with Crippen molar-refractivity contribution < 1.29 is 4.79 Å². The van der Waals surface area contributed by atoms with E-state index in [4.69, 9.17) is 0 Å². The van der Waals surface area contributed by atoms with E-state index >= 15 is 0 Å². The zero-order chi connectivity index (χ0) is 9.68. The van der Waals surface area contributed by atoms with E-state index in [9.17, 15) is 4.79 Å². The van der Waals surface area contributed by atoms with Gasteiger partial charge in [-0.05, 0) is 36.1 Å². The zero-order valence-corrected chi connectivity index (χ0v) is 9.30. The quantitative estimate of drug-likeness (QED) is 0.740. The standard InChI is InChI=1S/C11H13BrO/c1-2-9-5-6-11(12)8-10(9)4-3-7-13/h5-8H,2-4H2,1H3. The lowest BCUT2D eigenvalue weighted by molar-refractivity contribution is -0.107. The second kappa shape index (κ2) is 5.18.